The van der Waals surface area contributed by atoms with Gasteiger partial charge in [0.15, 0.2) is 0 Å². The van der Waals surface area contributed by atoms with Crippen molar-refractivity contribution in [2.45, 2.75) is 33.1 Å². The summed E-state index contributed by atoms with van der Waals surface area (Å²) in [6.45, 7) is 3.83. The van der Waals surface area contributed by atoms with E-state index in [1.165, 1.54) is 36.7 Å². The molecule has 0 fully saturated rings. The molecule has 0 heterocycles. The number of unbranched alkanes of at least 4 members (excludes halogenated alkanes) is 2. The van der Waals surface area contributed by atoms with Crippen LogP contribution in [0.1, 0.15) is 52.5 Å². The minimum atomic E-state index is -1.12. The molecule has 6 heteroatoms. The molecule has 2 N–H and O–H groups in total. The molecule has 0 saturated carbocycles. The monoisotopic (exact) mass is 362 g/mol. The van der Waals surface area contributed by atoms with E-state index in [4.69, 9.17) is 10.2 Å². The number of aromatic carboxylic acids is 2. The Morgan fingerprint density at radius 1 is 1.15 bits per heavy atom. The first-order valence-corrected chi connectivity index (χ1v) is 7.19. The molecule has 0 amide bonds. The largest absolute Gasteiger partial charge is 0.478 e. The summed E-state index contributed by atoms with van der Waals surface area (Å²) in [5.74, 6) is -2.23. The lowest BCUT2D eigenvalue weighted by Gasteiger charge is -2.01. The van der Waals surface area contributed by atoms with Crippen molar-refractivity contribution in [1.29, 1.82) is 0 Å². The lowest BCUT2D eigenvalue weighted by atomic mass is 10.1. The Balaban J connectivity index is 0. The van der Waals surface area contributed by atoms with Crippen molar-refractivity contribution in [1.82, 2.24) is 0 Å². The lowest BCUT2D eigenvalue weighted by molar-refractivity contribution is 0.0695. The summed E-state index contributed by atoms with van der Waals surface area (Å²) in [5.41, 5.74) is 0.570. The molecule has 0 atom stereocenters. The van der Waals surface area contributed by atoms with Crippen LogP contribution in [0, 0.1) is 6.92 Å². The van der Waals surface area contributed by atoms with Crippen molar-refractivity contribution in [3.8, 4) is 0 Å². The quantitative estimate of drug-likeness (QED) is 0.479. The molecule has 0 spiro atoms. The Labute approximate surface area is 132 Å². The maximum Gasteiger partial charge on any atom is 0.335 e. The van der Waals surface area contributed by atoms with E-state index in [-0.39, 0.29) is 22.1 Å². The highest BCUT2D eigenvalue weighted by molar-refractivity contribution is 9.09. The topological polar surface area (TPSA) is 74.6 Å². The molecule has 0 unspecified atom stereocenters. The Morgan fingerprint density at radius 2 is 1.75 bits per heavy atom. The van der Waals surface area contributed by atoms with Gasteiger partial charge in [-0.1, -0.05) is 41.8 Å². The van der Waals surface area contributed by atoms with Crippen LogP contribution in [0.5, 0.6) is 0 Å². The van der Waals surface area contributed by atoms with Crippen LogP contribution in [-0.4, -0.2) is 38.4 Å². The molecule has 0 saturated heterocycles. The van der Waals surface area contributed by atoms with Gasteiger partial charge in [0.2, 0.25) is 0 Å². The smallest absolute Gasteiger partial charge is 0.335 e. The Hall–Kier alpha value is -1.14. The van der Waals surface area contributed by atoms with Gasteiger partial charge >= 0.3 is 11.9 Å². The SMILES string of the molecule is CCCCCBr.Cc1ccc(C(=O)O)cc1C(=O)O.[SiH4]. The second-order valence-electron chi connectivity index (χ2n) is 4.04. The van der Waals surface area contributed by atoms with E-state index in [0.717, 1.165) is 6.07 Å². The standard InChI is InChI=1S/C9H8O4.C5H11Br.H4Si/c1-5-2-3-6(8(10)11)4-7(5)9(12)13;1-2-3-4-5-6;/h2-4H,1H3,(H,10,11)(H,12,13);2-5H2,1H3;1H4. The highest BCUT2D eigenvalue weighted by Gasteiger charge is 2.10. The predicted octanol–water partition coefficient (Wildman–Crippen LogP) is 2.51. The summed E-state index contributed by atoms with van der Waals surface area (Å²) < 4.78 is 0. The minimum absolute atomic E-state index is 0. The molecular weight excluding hydrogens is 340 g/mol. The van der Waals surface area contributed by atoms with Crippen LogP contribution in [0.25, 0.3) is 0 Å². The number of carbonyl (C=O) groups is 2. The fraction of sp³-hybridized carbons (Fsp3) is 0.429. The zero-order chi connectivity index (χ0) is 14.8. The maximum atomic E-state index is 10.6. The van der Waals surface area contributed by atoms with Gasteiger partial charge in [-0.15, -0.1) is 0 Å². The van der Waals surface area contributed by atoms with Gasteiger partial charge in [0.25, 0.3) is 0 Å². The van der Waals surface area contributed by atoms with Gasteiger partial charge < -0.3 is 10.2 Å². The van der Waals surface area contributed by atoms with Crippen LogP contribution >= 0.6 is 15.9 Å². The van der Waals surface area contributed by atoms with Crippen LogP contribution < -0.4 is 0 Å². The van der Waals surface area contributed by atoms with Crippen LogP contribution in [-0.2, 0) is 0 Å². The van der Waals surface area contributed by atoms with E-state index in [1.807, 2.05) is 0 Å². The van der Waals surface area contributed by atoms with Gasteiger partial charge in [0, 0.05) is 5.33 Å². The van der Waals surface area contributed by atoms with Crippen LogP contribution in [0.2, 0.25) is 0 Å². The molecule has 0 aliphatic rings. The molecular formula is C14H23BrO4Si. The predicted molar refractivity (Wildman–Crippen MR) is 89.8 cm³/mol. The average Bonchev–Trinajstić information content (AvgIpc) is 2.37. The first kappa shape index (κ1) is 21.2. The maximum absolute atomic E-state index is 10.6. The normalized spacial score (nSPS) is 8.95. The number of benzene rings is 1. The Morgan fingerprint density at radius 3 is 2.10 bits per heavy atom. The van der Waals surface area contributed by atoms with Gasteiger partial charge in [-0.3, -0.25) is 0 Å². The number of aryl methyl sites for hydroxylation is 1. The van der Waals surface area contributed by atoms with Crippen molar-refractivity contribution < 1.29 is 19.8 Å². The fourth-order valence-corrected chi connectivity index (χ4v) is 1.73. The van der Waals surface area contributed by atoms with E-state index in [2.05, 4.69) is 22.9 Å². The fourth-order valence-electron chi connectivity index (χ4n) is 1.33. The number of hydrogen-bond donors (Lipinski definition) is 2. The average molecular weight is 363 g/mol. The second kappa shape index (κ2) is 11.7. The van der Waals surface area contributed by atoms with Crippen molar-refractivity contribution in [2.24, 2.45) is 0 Å². The Bertz CT molecular complexity index is 431. The second-order valence-corrected chi connectivity index (χ2v) is 4.83. The van der Waals surface area contributed by atoms with Crippen molar-refractivity contribution in [3.05, 3.63) is 34.9 Å². The first-order chi connectivity index (χ1) is 8.93. The van der Waals surface area contributed by atoms with E-state index < -0.39 is 11.9 Å². The van der Waals surface area contributed by atoms with Crippen LogP contribution in [0.15, 0.2) is 18.2 Å². The molecule has 4 nitrogen and oxygen atoms in total. The highest BCUT2D eigenvalue weighted by atomic mass is 79.9. The number of carboxylic acid groups (broad SMARTS) is 2. The summed E-state index contributed by atoms with van der Waals surface area (Å²) in [7, 11) is 0. The number of alkyl halides is 1. The third-order valence-corrected chi connectivity index (χ3v) is 3.01. The van der Waals surface area contributed by atoms with E-state index >= 15 is 0 Å². The summed E-state index contributed by atoms with van der Waals surface area (Å²) in [5, 5.41) is 18.4. The zero-order valence-electron chi connectivity index (χ0n) is 11.1. The third-order valence-electron chi connectivity index (χ3n) is 2.45. The summed E-state index contributed by atoms with van der Waals surface area (Å²) in [6.07, 6.45) is 4.02. The van der Waals surface area contributed by atoms with Crippen molar-refractivity contribution in [3.63, 3.8) is 0 Å². The molecule has 0 bridgehead atoms. The first-order valence-electron chi connectivity index (χ1n) is 6.07. The molecule has 0 radical (unpaired) electrons. The van der Waals surface area contributed by atoms with Crippen molar-refractivity contribution >= 4 is 38.8 Å². The summed E-state index contributed by atoms with van der Waals surface area (Å²) in [6, 6.07) is 4.01. The van der Waals surface area contributed by atoms with E-state index in [1.54, 1.807) is 6.92 Å². The third kappa shape index (κ3) is 8.11. The number of carboxylic acids is 2. The molecule has 0 aliphatic carbocycles. The Kier molecular flexibility index (Phi) is 12.3. The van der Waals surface area contributed by atoms with Gasteiger partial charge in [0.05, 0.1) is 11.1 Å². The van der Waals surface area contributed by atoms with E-state index in [0.29, 0.717) is 5.56 Å². The van der Waals surface area contributed by atoms with Gasteiger partial charge in [-0.2, -0.15) is 0 Å². The molecule has 0 aliphatic heterocycles. The summed E-state index contributed by atoms with van der Waals surface area (Å²) in [4.78, 5) is 21.1. The van der Waals surface area contributed by atoms with Crippen molar-refractivity contribution in [2.75, 3.05) is 5.33 Å². The van der Waals surface area contributed by atoms with E-state index in [9.17, 15) is 9.59 Å². The van der Waals surface area contributed by atoms with Crippen LogP contribution in [0.3, 0.4) is 0 Å². The molecule has 1 aromatic rings. The zero-order valence-corrected chi connectivity index (χ0v) is 12.7. The minimum Gasteiger partial charge on any atom is -0.478 e. The number of rotatable bonds is 5. The molecule has 1 rings (SSSR count). The summed E-state index contributed by atoms with van der Waals surface area (Å²) >= 11 is 3.35. The number of hydrogen-bond acceptors (Lipinski definition) is 2. The van der Waals surface area contributed by atoms with Gasteiger partial charge in [-0.05, 0) is 42.0 Å². The molecule has 1 aromatic carbocycles. The molecule has 0 aromatic heterocycles. The number of halogens is 1. The molecule has 20 heavy (non-hydrogen) atoms. The highest BCUT2D eigenvalue weighted by Crippen LogP contribution is 2.11. The van der Waals surface area contributed by atoms with Gasteiger partial charge in [-0.25, -0.2) is 9.59 Å². The molecule has 114 valence electrons. The lowest BCUT2D eigenvalue weighted by Crippen LogP contribution is -2.03. The van der Waals surface area contributed by atoms with Crippen LogP contribution in [0.4, 0.5) is 0 Å². The van der Waals surface area contributed by atoms with Gasteiger partial charge in [0.1, 0.15) is 0 Å².